The van der Waals surface area contributed by atoms with Crippen LogP contribution in [0.3, 0.4) is 0 Å². The number of hydrogen-bond acceptors (Lipinski definition) is 8. The minimum atomic E-state index is -1.01. The molecule has 30 heavy (non-hydrogen) atoms. The van der Waals surface area contributed by atoms with E-state index >= 15 is 0 Å². The molecule has 14 heteroatoms. The Morgan fingerprint density at radius 3 is 2.63 bits per heavy atom. The first-order valence-electron chi connectivity index (χ1n) is 9.25. The first kappa shape index (κ1) is 24.8. The van der Waals surface area contributed by atoms with Crippen LogP contribution in [-0.4, -0.2) is 74.8 Å². The van der Waals surface area contributed by atoms with Gasteiger partial charge in [0.25, 0.3) is 5.91 Å². The molecule has 2 heterocycles. The molecule has 2 rings (SSSR count). The summed E-state index contributed by atoms with van der Waals surface area (Å²) in [4.78, 5) is 47.6. The molecular weight excluding hydrogens is 470 g/mol. The second-order valence-electron chi connectivity index (χ2n) is 6.90. The van der Waals surface area contributed by atoms with Gasteiger partial charge in [0.05, 0.1) is 16.3 Å². The van der Waals surface area contributed by atoms with Gasteiger partial charge in [-0.05, 0) is 12.8 Å². The van der Waals surface area contributed by atoms with Gasteiger partial charge in [0, 0.05) is 37.7 Å². The fourth-order valence-electron chi connectivity index (χ4n) is 3.47. The molecule has 166 valence electrons. The maximum Gasteiger partial charge on any atom is 0.315 e. The third-order valence-electron chi connectivity index (χ3n) is 4.90. The molecule has 0 aromatic rings. The van der Waals surface area contributed by atoms with Gasteiger partial charge in [0.1, 0.15) is 4.75 Å². The number of aliphatic carboxylic acids is 1. The molecule has 2 saturated heterocycles. The fourth-order valence-corrected chi connectivity index (χ4v) is 5.80. The predicted octanol–water partition coefficient (Wildman–Crippen LogP) is -0.244. The van der Waals surface area contributed by atoms with Gasteiger partial charge in [0.2, 0.25) is 5.91 Å². The Hall–Kier alpha value is -1.51. The topological polar surface area (TPSA) is 149 Å². The van der Waals surface area contributed by atoms with E-state index in [4.69, 9.17) is 17.3 Å². The second kappa shape index (κ2) is 11.2. The summed E-state index contributed by atoms with van der Waals surface area (Å²) in [5.41, 5.74) is 0. The van der Waals surface area contributed by atoms with Crippen molar-refractivity contribution < 1.29 is 24.3 Å². The van der Waals surface area contributed by atoms with Crippen molar-refractivity contribution in [3.63, 3.8) is 0 Å². The van der Waals surface area contributed by atoms with Crippen molar-refractivity contribution in [1.82, 2.24) is 21.3 Å². The fraction of sp³-hybridized carbons (Fsp3) is 0.688. The molecule has 2 aliphatic heterocycles. The molecule has 0 unspecified atom stereocenters. The number of fused-ring (bicyclic) bond motifs is 1. The van der Waals surface area contributed by atoms with Crippen LogP contribution in [0.1, 0.15) is 25.7 Å². The summed E-state index contributed by atoms with van der Waals surface area (Å²) < 4.78 is 2.60. The molecule has 4 atom stereocenters. The number of carboxylic acids is 1. The number of carboxylic acid groups (broad SMARTS) is 1. The molecule has 0 saturated carbocycles. The highest BCUT2D eigenvalue weighted by Crippen LogP contribution is 2.44. The number of carbonyl (C=O) groups is 4. The molecule has 2 aliphatic rings. The number of amides is 4. The van der Waals surface area contributed by atoms with Gasteiger partial charge in [-0.15, -0.1) is 24.4 Å². The number of nitrogens with one attached hydrogen (secondary N) is 4. The van der Waals surface area contributed by atoms with Crippen molar-refractivity contribution in [3.8, 4) is 0 Å². The van der Waals surface area contributed by atoms with Gasteiger partial charge < -0.3 is 26.4 Å². The third kappa shape index (κ3) is 6.02. The molecular formula is C16H23N5O5S4. The van der Waals surface area contributed by atoms with Gasteiger partial charge in [-0.2, -0.15) is 4.36 Å². The average molecular weight is 494 g/mol. The van der Waals surface area contributed by atoms with E-state index in [1.807, 2.05) is 0 Å². The van der Waals surface area contributed by atoms with E-state index in [2.05, 4.69) is 50.7 Å². The summed E-state index contributed by atoms with van der Waals surface area (Å²) in [6.07, 6.45) is 1.42. The SMILES string of the molecule is O=C(O)CCCC[C@]1(C(=O)NCCNC(=O)[C@@H](N=S)C(=S)S)SC[C@@H]2NC(=O)N[C@@H]21. The van der Waals surface area contributed by atoms with Crippen LogP contribution in [0.15, 0.2) is 4.36 Å². The third-order valence-corrected chi connectivity index (χ3v) is 7.26. The molecule has 4 amide bonds. The number of hydrogen-bond donors (Lipinski definition) is 6. The number of thioether (sulfide) groups is 1. The highest BCUT2D eigenvalue weighted by molar-refractivity contribution is 8.11. The Morgan fingerprint density at radius 2 is 2.00 bits per heavy atom. The van der Waals surface area contributed by atoms with Crippen molar-refractivity contribution in [2.75, 3.05) is 18.8 Å². The number of urea groups is 1. The smallest absolute Gasteiger partial charge is 0.315 e. The number of carbonyl (C=O) groups excluding carboxylic acids is 3. The maximum atomic E-state index is 13.1. The van der Waals surface area contributed by atoms with E-state index in [1.54, 1.807) is 0 Å². The zero-order chi connectivity index (χ0) is 22.3. The van der Waals surface area contributed by atoms with Gasteiger partial charge in [0.15, 0.2) is 6.04 Å². The van der Waals surface area contributed by atoms with Crippen LogP contribution >= 0.6 is 36.6 Å². The summed E-state index contributed by atoms with van der Waals surface area (Å²) in [5, 5.41) is 19.8. The van der Waals surface area contributed by atoms with Crippen LogP contribution in [-0.2, 0) is 26.8 Å². The standard InChI is InChI=1S/C16H23N5O5S4/c22-9(23)3-1-2-4-16(11-8(7-30-16)19-15(26)20-11)14(25)18-6-5-17-12(24)10(21-29)13(27)28/h8,10-11H,1-7H2,(H,17,24)(H,18,25)(H,22,23)(H,27,28)(H2,19,20,26)/t8-,10+,11-,16-/m0/s1. The summed E-state index contributed by atoms with van der Waals surface area (Å²) in [7, 11) is 0. The van der Waals surface area contributed by atoms with E-state index in [0.717, 1.165) is 0 Å². The van der Waals surface area contributed by atoms with Gasteiger partial charge in [-0.1, -0.05) is 18.6 Å². The number of unbranched alkanes of at least 4 members (excludes halogenated alkanes) is 1. The predicted molar refractivity (Wildman–Crippen MR) is 122 cm³/mol. The van der Waals surface area contributed by atoms with E-state index in [0.29, 0.717) is 25.0 Å². The number of thiol groups is 1. The zero-order valence-corrected chi connectivity index (χ0v) is 19.2. The molecule has 0 aliphatic carbocycles. The molecule has 0 aromatic carbocycles. The highest BCUT2D eigenvalue weighted by Gasteiger charge is 2.57. The average Bonchev–Trinajstić information content (AvgIpc) is 3.20. The van der Waals surface area contributed by atoms with Crippen molar-refractivity contribution >= 4 is 77.0 Å². The van der Waals surface area contributed by atoms with Crippen molar-refractivity contribution in [3.05, 3.63) is 0 Å². The first-order valence-corrected chi connectivity index (χ1v) is 11.5. The molecule has 0 spiro atoms. The molecule has 10 nitrogen and oxygen atoms in total. The molecule has 0 bridgehead atoms. The Kier molecular flexibility index (Phi) is 9.25. The van der Waals surface area contributed by atoms with E-state index in [1.165, 1.54) is 11.8 Å². The lowest BCUT2D eigenvalue weighted by Gasteiger charge is -2.32. The number of thiocarbonyl (C=S) groups is 1. The number of nitrogens with zero attached hydrogens (tertiary/aromatic N) is 1. The Balaban J connectivity index is 1.94. The van der Waals surface area contributed by atoms with Crippen LogP contribution in [0.4, 0.5) is 4.79 Å². The summed E-state index contributed by atoms with van der Waals surface area (Å²) in [6.45, 7) is 0.297. The summed E-state index contributed by atoms with van der Waals surface area (Å²) in [6, 6.07) is -1.89. The first-order chi connectivity index (χ1) is 14.2. The van der Waals surface area contributed by atoms with Gasteiger partial charge >= 0.3 is 12.0 Å². The lowest BCUT2D eigenvalue weighted by molar-refractivity contribution is -0.137. The van der Waals surface area contributed by atoms with E-state index in [-0.39, 0.29) is 47.7 Å². The van der Waals surface area contributed by atoms with Gasteiger partial charge in [-0.3, -0.25) is 14.4 Å². The zero-order valence-electron chi connectivity index (χ0n) is 15.9. The highest BCUT2D eigenvalue weighted by atomic mass is 32.2. The minimum Gasteiger partial charge on any atom is -0.481 e. The summed E-state index contributed by atoms with van der Waals surface area (Å²) >= 11 is 14.7. The van der Waals surface area contributed by atoms with Crippen LogP contribution in [0.25, 0.3) is 0 Å². The quantitative estimate of drug-likeness (QED) is 0.0944. The van der Waals surface area contributed by atoms with Crippen molar-refractivity contribution in [2.45, 2.75) is 48.6 Å². The van der Waals surface area contributed by atoms with Crippen molar-refractivity contribution in [1.29, 1.82) is 0 Å². The molecule has 2 fully saturated rings. The largest absolute Gasteiger partial charge is 0.481 e. The molecule has 0 aromatic heterocycles. The number of rotatable bonds is 12. The van der Waals surface area contributed by atoms with Crippen LogP contribution in [0.2, 0.25) is 0 Å². The normalized spacial score (nSPS) is 25.4. The molecule has 5 N–H and O–H groups in total. The van der Waals surface area contributed by atoms with Crippen LogP contribution in [0, 0.1) is 0 Å². The monoisotopic (exact) mass is 493 g/mol. The molecule has 0 radical (unpaired) electrons. The van der Waals surface area contributed by atoms with Gasteiger partial charge in [-0.25, -0.2) is 4.79 Å². The van der Waals surface area contributed by atoms with Crippen molar-refractivity contribution in [2.24, 2.45) is 4.36 Å². The second-order valence-corrected chi connectivity index (χ2v) is 9.68. The Labute approximate surface area is 194 Å². The van der Waals surface area contributed by atoms with E-state index in [9.17, 15) is 19.2 Å². The lowest BCUT2D eigenvalue weighted by Crippen LogP contribution is -2.56. The Morgan fingerprint density at radius 1 is 1.30 bits per heavy atom. The van der Waals surface area contributed by atoms with Crippen LogP contribution in [0.5, 0.6) is 0 Å². The maximum absolute atomic E-state index is 13.1. The van der Waals surface area contributed by atoms with E-state index < -0.39 is 22.7 Å². The minimum absolute atomic E-state index is 0.0230. The Bertz CT molecular complexity index is 739. The van der Waals surface area contributed by atoms with Crippen LogP contribution < -0.4 is 21.3 Å². The lowest BCUT2D eigenvalue weighted by atomic mass is 9.88. The summed E-state index contributed by atoms with van der Waals surface area (Å²) in [5.74, 6) is -1.07.